The molecule has 2 aromatic carbocycles. The van der Waals surface area contributed by atoms with Gasteiger partial charge in [-0.15, -0.1) is 13.2 Å². The van der Waals surface area contributed by atoms with Crippen LogP contribution in [0.3, 0.4) is 0 Å². The van der Waals surface area contributed by atoms with Gasteiger partial charge in [0, 0.05) is 28.7 Å². The highest BCUT2D eigenvalue weighted by molar-refractivity contribution is 9.10. The molecule has 0 radical (unpaired) electrons. The van der Waals surface area contributed by atoms with Crippen molar-refractivity contribution < 1.29 is 17.9 Å². The highest BCUT2D eigenvalue weighted by atomic mass is 79.9. The number of rotatable bonds is 7. The molecule has 5 nitrogen and oxygen atoms in total. The summed E-state index contributed by atoms with van der Waals surface area (Å²) >= 11 is 3.43. The topological polar surface area (TPSA) is 59.1 Å². The fraction of sp³-hybridized carbons (Fsp3) is 0.333. The van der Waals surface area contributed by atoms with Gasteiger partial charge in [0.2, 0.25) is 5.95 Å². The van der Waals surface area contributed by atoms with E-state index in [1.165, 1.54) is 24.6 Å². The van der Waals surface area contributed by atoms with Gasteiger partial charge in [0.25, 0.3) is 0 Å². The van der Waals surface area contributed by atoms with Crippen molar-refractivity contribution in [1.29, 1.82) is 0 Å². The minimum absolute atomic E-state index is 0.285. The Morgan fingerprint density at radius 1 is 0.970 bits per heavy atom. The minimum Gasteiger partial charge on any atom is -0.406 e. The summed E-state index contributed by atoms with van der Waals surface area (Å²) in [5, 5.41) is 6.71. The Kier molecular flexibility index (Phi) is 7.37. The van der Waals surface area contributed by atoms with Crippen molar-refractivity contribution >= 4 is 27.7 Å². The first-order valence-corrected chi connectivity index (χ1v) is 11.6. The Hall–Kier alpha value is -2.81. The predicted molar refractivity (Wildman–Crippen MR) is 126 cm³/mol. The Morgan fingerprint density at radius 3 is 2.45 bits per heavy atom. The maximum Gasteiger partial charge on any atom is 0.573 e. The van der Waals surface area contributed by atoms with Gasteiger partial charge in [0.05, 0.1) is 5.69 Å². The van der Waals surface area contributed by atoms with E-state index in [2.05, 4.69) is 41.3 Å². The zero-order valence-corrected chi connectivity index (χ0v) is 19.4. The summed E-state index contributed by atoms with van der Waals surface area (Å²) < 4.78 is 43.1. The minimum atomic E-state index is -4.75. The monoisotopic (exact) mass is 520 g/mol. The van der Waals surface area contributed by atoms with E-state index < -0.39 is 6.36 Å². The zero-order chi connectivity index (χ0) is 23.3. The predicted octanol–water partition coefficient (Wildman–Crippen LogP) is 7.16. The third-order valence-corrected chi connectivity index (χ3v) is 5.94. The van der Waals surface area contributed by atoms with E-state index in [0.717, 1.165) is 35.7 Å². The van der Waals surface area contributed by atoms with Gasteiger partial charge < -0.3 is 15.4 Å². The van der Waals surface area contributed by atoms with E-state index in [0.29, 0.717) is 29.6 Å². The molecular weight excluding hydrogens is 497 g/mol. The van der Waals surface area contributed by atoms with Crippen LogP contribution >= 0.6 is 15.9 Å². The van der Waals surface area contributed by atoms with Gasteiger partial charge >= 0.3 is 6.36 Å². The van der Waals surface area contributed by atoms with Crippen LogP contribution < -0.4 is 15.4 Å². The first-order chi connectivity index (χ1) is 15.8. The van der Waals surface area contributed by atoms with Crippen LogP contribution in [0.4, 0.5) is 24.9 Å². The van der Waals surface area contributed by atoms with Gasteiger partial charge in [-0.2, -0.15) is 4.98 Å². The smallest absolute Gasteiger partial charge is 0.406 e. The maximum atomic E-state index is 12.7. The van der Waals surface area contributed by atoms with Crippen molar-refractivity contribution in [2.75, 3.05) is 10.6 Å². The maximum absolute atomic E-state index is 12.7. The van der Waals surface area contributed by atoms with E-state index in [1.54, 1.807) is 12.1 Å². The normalized spacial score (nSPS) is 14.7. The van der Waals surface area contributed by atoms with Crippen LogP contribution in [0.15, 0.2) is 59.1 Å². The second-order valence-corrected chi connectivity index (χ2v) is 8.91. The van der Waals surface area contributed by atoms with Gasteiger partial charge in [-0.05, 0) is 42.7 Å². The van der Waals surface area contributed by atoms with Crippen LogP contribution in [0.25, 0.3) is 11.3 Å². The lowest BCUT2D eigenvalue weighted by atomic mass is 9.96. The van der Waals surface area contributed by atoms with Crippen LogP contribution in [-0.4, -0.2) is 22.4 Å². The van der Waals surface area contributed by atoms with E-state index in [-0.39, 0.29) is 11.8 Å². The first-order valence-electron chi connectivity index (χ1n) is 10.8. The summed E-state index contributed by atoms with van der Waals surface area (Å²) in [5.74, 6) is 0.757. The molecule has 0 atom stereocenters. The molecular formula is C24H24BrF3N4O. The lowest BCUT2D eigenvalue weighted by Crippen LogP contribution is -2.23. The van der Waals surface area contributed by atoms with Crippen molar-refractivity contribution in [2.45, 2.75) is 51.1 Å². The molecule has 9 heteroatoms. The molecule has 0 spiro atoms. The number of nitrogens with zero attached hydrogens (tertiary/aromatic N) is 2. The molecule has 3 aromatic rings. The fourth-order valence-corrected chi connectivity index (χ4v) is 4.09. The largest absolute Gasteiger partial charge is 0.573 e. The SMILES string of the molecule is FC(F)(F)Oc1cccc(-c2cc(NCc3ccc(Br)cc3)nc(NC3CCCCC3)n2)c1. The van der Waals surface area contributed by atoms with Gasteiger partial charge in [-0.25, -0.2) is 4.98 Å². The molecule has 0 saturated heterocycles. The number of hydrogen-bond acceptors (Lipinski definition) is 5. The molecule has 1 saturated carbocycles. The summed E-state index contributed by atoms with van der Waals surface area (Å²) in [5.41, 5.74) is 2.09. The molecule has 2 N–H and O–H groups in total. The number of alkyl halides is 3. The number of nitrogens with one attached hydrogen (secondary N) is 2. The molecule has 1 aliphatic rings. The molecule has 0 bridgehead atoms. The molecule has 0 aliphatic heterocycles. The number of halogens is 4. The van der Waals surface area contributed by atoms with Crippen molar-refractivity contribution in [1.82, 2.24) is 9.97 Å². The summed E-state index contributed by atoms with van der Waals surface area (Å²) in [6, 6.07) is 15.8. The highest BCUT2D eigenvalue weighted by Gasteiger charge is 2.31. The van der Waals surface area contributed by atoms with E-state index in [4.69, 9.17) is 0 Å². The lowest BCUT2D eigenvalue weighted by molar-refractivity contribution is -0.274. The average molecular weight is 521 g/mol. The summed E-state index contributed by atoms with van der Waals surface area (Å²) in [6.45, 7) is 0.545. The molecule has 1 fully saturated rings. The number of benzene rings is 2. The molecule has 1 aromatic heterocycles. The van der Waals surface area contributed by atoms with Crippen LogP contribution in [0, 0.1) is 0 Å². The second kappa shape index (κ2) is 10.4. The summed E-state index contributed by atoms with van der Waals surface area (Å²) in [4.78, 5) is 9.21. The molecule has 33 heavy (non-hydrogen) atoms. The van der Waals surface area contributed by atoms with E-state index >= 15 is 0 Å². The number of ether oxygens (including phenoxy) is 1. The third kappa shape index (κ3) is 7.08. The van der Waals surface area contributed by atoms with Crippen LogP contribution in [-0.2, 0) is 6.54 Å². The molecule has 1 heterocycles. The van der Waals surface area contributed by atoms with Gasteiger partial charge in [0.1, 0.15) is 11.6 Å². The van der Waals surface area contributed by atoms with Crippen molar-refractivity contribution in [3.05, 3.63) is 64.6 Å². The van der Waals surface area contributed by atoms with Gasteiger partial charge in [-0.1, -0.05) is 59.5 Å². The number of hydrogen-bond donors (Lipinski definition) is 2. The quantitative estimate of drug-likeness (QED) is 0.346. The van der Waals surface area contributed by atoms with Crippen LogP contribution in [0.2, 0.25) is 0 Å². The molecule has 4 rings (SSSR count). The van der Waals surface area contributed by atoms with Crippen molar-refractivity contribution in [2.24, 2.45) is 0 Å². The summed E-state index contributed by atoms with van der Waals surface area (Å²) in [6.07, 6.45) is 0.875. The third-order valence-electron chi connectivity index (χ3n) is 5.41. The molecule has 174 valence electrons. The zero-order valence-electron chi connectivity index (χ0n) is 17.8. The average Bonchev–Trinajstić information content (AvgIpc) is 2.78. The first kappa shape index (κ1) is 23.4. The van der Waals surface area contributed by atoms with Crippen molar-refractivity contribution in [3.8, 4) is 17.0 Å². The van der Waals surface area contributed by atoms with Gasteiger partial charge in [0.15, 0.2) is 0 Å². The molecule has 1 aliphatic carbocycles. The van der Waals surface area contributed by atoms with Crippen LogP contribution in [0.5, 0.6) is 5.75 Å². The highest BCUT2D eigenvalue weighted by Crippen LogP contribution is 2.29. The number of aromatic nitrogens is 2. The Labute approximate surface area is 198 Å². The Balaban J connectivity index is 1.60. The molecule has 0 unspecified atom stereocenters. The van der Waals surface area contributed by atoms with Gasteiger partial charge in [-0.3, -0.25) is 0 Å². The molecule has 0 amide bonds. The second-order valence-electron chi connectivity index (χ2n) is 8.00. The van der Waals surface area contributed by atoms with E-state index in [1.807, 2.05) is 24.3 Å². The number of anilines is 2. The Morgan fingerprint density at radius 2 is 1.73 bits per heavy atom. The fourth-order valence-electron chi connectivity index (χ4n) is 3.83. The lowest BCUT2D eigenvalue weighted by Gasteiger charge is -2.23. The van der Waals surface area contributed by atoms with Crippen molar-refractivity contribution in [3.63, 3.8) is 0 Å². The van der Waals surface area contributed by atoms with Crippen LogP contribution in [0.1, 0.15) is 37.7 Å². The summed E-state index contributed by atoms with van der Waals surface area (Å²) in [7, 11) is 0. The standard InChI is InChI=1S/C24H24BrF3N4O/c25-18-11-9-16(10-12-18)15-29-22-14-21(17-5-4-8-20(13-17)33-24(26,27)28)31-23(32-22)30-19-6-2-1-3-7-19/h4-5,8-14,19H,1-3,6-7,15H2,(H2,29,30,31,32). The van der Waals surface area contributed by atoms with E-state index in [9.17, 15) is 13.2 Å². The Bertz CT molecular complexity index is 1070.